The minimum Gasteiger partial charge on any atom is -0.384 e. The summed E-state index contributed by atoms with van der Waals surface area (Å²) in [6, 6.07) is 13.0. The Bertz CT molecular complexity index is 2330. The predicted molar refractivity (Wildman–Crippen MR) is 210 cm³/mol. The summed E-state index contributed by atoms with van der Waals surface area (Å²) in [7, 11) is -8.35. The number of hydrogen-bond donors (Lipinski definition) is 4. The summed E-state index contributed by atoms with van der Waals surface area (Å²) in [5, 5.41) is -0.414. The van der Waals surface area contributed by atoms with E-state index in [1.807, 2.05) is 9.62 Å². The maximum atomic E-state index is 12.9. The molecule has 19 heteroatoms. The number of nitrogens with one attached hydrogen (secondary N) is 2. The van der Waals surface area contributed by atoms with Crippen LogP contribution in [0.2, 0.25) is 5.02 Å². The number of nitrogen functional groups attached to an aromatic ring is 2. The lowest BCUT2D eigenvalue weighted by molar-refractivity contribution is 0.0972. The summed E-state index contributed by atoms with van der Waals surface area (Å²) in [5.41, 5.74) is 11.0. The van der Waals surface area contributed by atoms with Gasteiger partial charge in [0.1, 0.15) is 23.3 Å². The topological polar surface area (TPSA) is 237 Å². The number of nitrogens with zero attached hydrogens (tertiary/aromatic N) is 6. The largest absolute Gasteiger partial charge is 0.384 e. The smallest absolute Gasteiger partial charge is 0.281 e. The molecule has 0 aromatic carbocycles. The molecule has 6 heterocycles. The maximum Gasteiger partial charge on any atom is 0.281 e. The van der Waals surface area contributed by atoms with E-state index in [2.05, 4.69) is 71.1 Å². The van der Waals surface area contributed by atoms with Crippen molar-refractivity contribution in [2.45, 2.75) is 75.5 Å². The first-order valence-electron chi connectivity index (χ1n) is 17.3. The summed E-state index contributed by atoms with van der Waals surface area (Å²) in [5.74, 6) is 0.226. The van der Waals surface area contributed by atoms with Crippen LogP contribution in [0.15, 0.2) is 77.0 Å². The van der Waals surface area contributed by atoms with Gasteiger partial charge in [-0.25, -0.2) is 29.4 Å². The van der Waals surface area contributed by atoms with Gasteiger partial charge in [0.15, 0.2) is 10.1 Å². The molecular weight excluding hydrogens is 768 g/mol. The minimum absolute atomic E-state index is 0.0354. The highest BCUT2D eigenvalue weighted by atomic mass is 35.5. The Hall–Kier alpha value is -5.07. The van der Waals surface area contributed by atoms with Crippen LogP contribution in [0.3, 0.4) is 0 Å². The molecule has 0 bridgehead atoms. The molecule has 2 aliphatic heterocycles. The monoisotopic (exact) mass is 812 g/mol. The number of sulfonamides is 2. The highest BCUT2D eigenvalue weighted by Gasteiger charge is 2.40. The van der Waals surface area contributed by atoms with Gasteiger partial charge in [-0.2, -0.15) is 16.8 Å². The summed E-state index contributed by atoms with van der Waals surface area (Å²) >= 11 is 6.04. The third-order valence-electron chi connectivity index (χ3n) is 9.26. The molecule has 2 aliphatic rings. The number of carbonyl (C=O) groups excluding carboxylic acids is 2. The molecular formula is C36H45ClN10O6S2. The molecule has 0 aliphatic carbocycles. The average Bonchev–Trinajstić information content (AvgIpc) is 3.54. The lowest BCUT2D eigenvalue weighted by atomic mass is 9.97. The van der Waals surface area contributed by atoms with Crippen molar-refractivity contribution in [3.05, 3.63) is 83.1 Å². The summed E-state index contributed by atoms with van der Waals surface area (Å²) < 4.78 is 54.2. The van der Waals surface area contributed by atoms with Gasteiger partial charge in [-0.3, -0.25) is 9.59 Å². The molecule has 4 aromatic heterocycles. The maximum absolute atomic E-state index is 12.9. The molecule has 2 amide bonds. The van der Waals surface area contributed by atoms with E-state index in [4.69, 9.17) is 23.1 Å². The fourth-order valence-electron chi connectivity index (χ4n) is 7.14. The van der Waals surface area contributed by atoms with Gasteiger partial charge in [0.2, 0.25) is 0 Å². The molecule has 2 saturated heterocycles. The number of carbonyl (C=O) groups is 2. The Morgan fingerprint density at radius 3 is 1.62 bits per heavy atom. The van der Waals surface area contributed by atoms with E-state index in [9.17, 15) is 26.4 Å². The van der Waals surface area contributed by atoms with Gasteiger partial charge in [-0.05, 0) is 94.8 Å². The van der Waals surface area contributed by atoms with Crippen molar-refractivity contribution >= 4 is 66.7 Å². The predicted octanol–water partition coefficient (Wildman–Crippen LogP) is 4.26. The molecule has 2 atom stereocenters. The second kappa shape index (κ2) is 15.6. The SMILES string of the molecule is C[C@@H]1CN(c2ncc(Cl)cc2C(=O)NS(=O)(=O)c2cccc(N)n2)C(C)(C)C1.C[C@@H]1CN(c2ncccc2C(=O)NS(=O)(=O)c2cccc(N)n2)C(C)(C)C1. The standard InChI is InChI=1S/C18H22ClN5O3S.C18H23N5O3S/c1-11-8-18(2,3)24(10-11)16-13(7-12(19)9-21-16)17(25)23-28(26,27)15-6-4-5-14(20)22-15;1-12-10-18(2,3)23(11-12)16-13(6-5-9-20-16)17(24)22-27(25,26)15-8-4-7-14(19)21-15/h4-7,9,11H,8,10H2,1-3H3,(H2,20,22)(H,23,25);4-9,12H,10-11H2,1-3H3,(H2,19,21)(H,22,24)/t11-;12-/m00/s1. The molecule has 0 unspecified atom stereocenters. The number of anilines is 4. The van der Waals surface area contributed by atoms with Crippen LogP contribution in [0.4, 0.5) is 23.3 Å². The first-order valence-corrected chi connectivity index (χ1v) is 20.7. The van der Waals surface area contributed by atoms with E-state index in [1.54, 1.807) is 18.3 Å². The molecule has 6 N–H and O–H groups in total. The fraction of sp³-hybridized carbons (Fsp3) is 0.389. The number of hydrogen-bond acceptors (Lipinski definition) is 14. The Labute approximate surface area is 326 Å². The van der Waals surface area contributed by atoms with Crippen LogP contribution < -0.4 is 30.7 Å². The van der Waals surface area contributed by atoms with Gasteiger partial charge in [0.05, 0.1) is 16.1 Å². The minimum atomic E-state index is -4.20. The Kier molecular flexibility index (Phi) is 11.6. The third kappa shape index (κ3) is 9.42. The van der Waals surface area contributed by atoms with Crippen LogP contribution in [0.1, 0.15) is 75.1 Å². The van der Waals surface area contributed by atoms with Crippen LogP contribution in [0, 0.1) is 11.8 Å². The van der Waals surface area contributed by atoms with E-state index in [0.29, 0.717) is 30.0 Å². The zero-order chi connectivity index (χ0) is 40.5. The van der Waals surface area contributed by atoms with E-state index < -0.39 is 31.9 Å². The lowest BCUT2D eigenvalue weighted by Gasteiger charge is -2.33. The van der Waals surface area contributed by atoms with Crippen molar-refractivity contribution in [2.75, 3.05) is 34.4 Å². The summed E-state index contributed by atoms with van der Waals surface area (Å²) in [6.07, 6.45) is 4.92. The van der Waals surface area contributed by atoms with Gasteiger partial charge in [0, 0.05) is 36.6 Å². The van der Waals surface area contributed by atoms with Gasteiger partial charge in [0.25, 0.3) is 31.9 Å². The van der Waals surface area contributed by atoms with Crippen molar-refractivity contribution in [3.63, 3.8) is 0 Å². The fourth-order valence-corrected chi connectivity index (χ4v) is 9.18. The number of pyridine rings is 4. The number of aromatic nitrogens is 4. The van der Waals surface area contributed by atoms with Gasteiger partial charge >= 0.3 is 0 Å². The van der Waals surface area contributed by atoms with Crippen molar-refractivity contribution in [1.29, 1.82) is 0 Å². The van der Waals surface area contributed by atoms with Gasteiger partial charge < -0.3 is 21.3 Å². The third-order valence-corrected chi connectivity index (χ3v) is 11.9. The average molecular weight is 813 g/mol. The van der Waals surface area contributed by atoms with E-state index >= 15 is 0 Å². The van der Waals surface area contributed by atoms with Crippen molar-refractivity contribution in [1.82, 2.24) is 29.4 Å². The second-order valence-corrected chi connectivity index (χ2v) is 18.7. The second-order valence-electron chi connectivity index (χ2n) is 15.0. The Morgan fingerprint density at radius 1 is 0.727 bits per heavy atom. The number of rotatable bonds is 8. The molecule has 0 spiro atoms. The molecule has 2 fully saturated rings. The molecule has 4 aromatic rings. The highest BCUT2D eigenvalue weighted by molar-refractivity contribution is 7.90. The first-order chi connectivity index (χ1) is 25.6. The molecule has 0 radical (unpaired) electrons. The van der Waals surface area contributed by atoms with Gasteiger partial charge in [-0.15, -0.1) is 0 Å². The van der Waals surface area contributed by atoms with Crippen LogP contribution in [0.5, 0.6) is 0 Å². The van der Waals surface area contributed by atoms with Crippen molar-refractivity contribution < 1.29 is 26.4 Å². The zero-order valence-electron chi connectivity index (χ0n) is 31.3. The zero-order valence-corrected chi connectivity index (χ0v) is 33.7. The van der Waals surface area contributed by atoms with Crippen molar-refractivity contribution in [2.24, 2.45) is 11.8 Å². The molecule has 6 rings (SSSR count). The van der Waals surface area contributed by atoms with Crippen LogP contribution in [0.25, 0.3) is 0 Å². The van der Waals surface area contributed by atoms with E-state index in [1.165, 1.54) is 48.7 Å². The summed E-state index contributed by atoms with van der Waals surface area (Å²) in [4.78, 5) is 45.9. The quantitative estimate of drug-likeness (QED) is 0.195. The van der Waals surface area contributed by atoms with Crippen molar-refractivity contribution in [3.8, 4) is 0 Å². The summed E-state index contributed by atoms with van der Waals surface area (Å²) in [6.45, 7) is 14.0. The van der Waals surface area contributed by atoms with E-state index in [0.717, 1.165) is 19.4 Å². The molecule has 55 heavy (non-hydrogen) atoms. The molecule has 0 saturated carbocycles. The molecule has 294 valence electrons. The Morgan fingerprint density at radius 2 is 1.18 bits per heavy atom. The van der Waals surface area contributed by atoms with Gasteiger partial charge in [-0.1, -0.05) is 37.6 Å². The Balaban J connectivity index is 0.000000211. The van der Waals surface area contributed by atoms with Crippen LogP contribution in [-0.4, -0.2) is 72.8 Å². The normalized spacial score (nSPS) is 19.0. The first kappa shape index (κ1) is 41.1. The number of amides is 2. The lowest BCUT2D eigenvalue weighted by Crippen LogP contribution is -2.41. The molecule has 16 nitrogen and oxygen atoms in total. The number of halogens is 1. The number of nitrogens with two attached hydrogens (primary N) is 2. The highest BCUT2D eigenvalue weighted by Crippen LogP contribution is 2.38. The van der Waals surface area contributed by atoms with Crippen LogP contribution >= 0.6 is 11.6 Å². The van der Waals surface area contributed by atoms with Crippen LogP contribution in [-0.2, 0) is 20.0 Å². The van der Waals surface area contributed by atoms with E-state index in [-0.39, 0.29) is 48.9 Å².